The molecule has 1 aromatic carbocycles. The summed E-state index contributed by atoms with van der Waals surface area (Å²) in [5.74, 6) is 0.621. The minimum Gasteiger partial charge on any atom is -0.537 e. The summed E-state index contributed by atoms with van der Waals surface area (Å²) in [5.41, 5.74) is 0.983. The Kier molecular flexibility index (Phi) is 3.48. The highest BCUT2D eigenvalue weighted by Gasteiger charge is 1.95. The average Bonchev–Trinajstić information content (AvgIpc) is 2.06. The van der Waals surface area contributed by atoms with E-state index in [4.69, 9.17) is 9.68 Å². The van der Waals surface area contributed by atoms with Gasteiger partial charge in [-0.05, 0) is 19.1 Å². The van der Waals surface area contributed by atoms with Crippen LogP contribution in [0, 0.1) is 0 Å². The van der Waals surface area contributed by atoms with Gasteiger partial charge in [0.15, 0.2) is 0 Å². The van der Waals surface area contributed by atoms with Gasteiger partial charge in [0.05, 0.1) is 0 Å². The van der Waals surface area contributed by atoms with Crippen LogP contribution < -0.4 is 9.97 Å². The Labute approximate surface area is 72.7 Å². The third-order valence-electron chi connectivity index (χ3n) is 1.40. The minimum atomic E-state index is 0.621. The van der Waals surface area contributed by atoms with Crippen LogP contribution in [0.3, 0.4) is 0 Å². The Balaban J connectivity index is 2.67. The molecule has 0 fully saturated rings. The first kappa shape index (κ1) is 8.94. The molecule has 1 rings (SSSR count). The predicted molar refractivity (Wildman–Crippen MR) is 49.2 cm³/mol. The number of hydrogen-bond acceptors (Lipinski definition) is 3. The molecule has 3 nitrogen and oxygen atoms in total. The standard InChI is InChI=1S/C8H11BNO2/c1-2-10-7-4-3-5-8(6-7)12-9-11/h3-6,10-11H,2H2,1H3. The lowest BCUT2D eigenvalue weighted by Gasteiger charge is -2.05. The van der Waals surface area contributed by atoms with Gasteiger partial charge in [0.25, 0.3) is 0 Å². The van der Waals surface area contributed by atoms with Gasteiger partial charge in [-0.3, -0.25) is 0 Å². The van der Waals surface area contributed by atoms with Crippen LogP contribution in [0.15, 0.2) is 24.3 Å². The van der Waals surface area contributed by atoms with E-state index >= 15 is 0 Å². The smallest absolute Gasteiger partial charge is 0.537 e. The van der Waals surface area contributed by atoms with Gasteiger partial charge in [0, 0.05) is 18.3 Å². The lowest BCUT2D eigenvalue weighted by atomic mass is 10.3. The molecule has 0 aliphatic carbocycles. The van der Waals surface area contributed by atoms with Gasteiger partial charge in [-0.1, -0.05) is 6.07 Å². The van der Waals surface area contributed by atoms with Crippen molar-refractivity contribution in [3.8, 4) is 5.75 Å². The SMILES string of the molecule is CCNc1cccc(O[B]O)c1. The summed E-state index contributed by atoms with van der Waals surface area (Å²) in [6.45, 7) is 2.89. The van der Waals surface area contributed by atoms with Crippen molar-refractivity contribution >= 4 is 13.4 Å². The van der Waals surface area contributed by atoms with Crippen molar-refractivity contribution < 1.29 is 9.68 Å². The Bertz CT molecular complexity index is 221. The molecule has 4 heteroatoms. The molecule has 0 aliphatic heterocycles. The van der Waals surface area contributed by atoms with Gasteiger partial charge >= 0.3 is 7.69 Å². The van der Waals surface area contributed by atoms with Gasteiger partial charge in [-0.25, -0.2) is 0 Å². The molecule has 2 N–H and O–H groups in total. The molecule has 0 atom stereocenters. The van der Waals surface area contributed by atoms with Crippen LogP contribution in [0.2, 0.25) is 0 Å². The summed E-state index contributed by atoms with van der Waals surface area (Å²) in [7, 11) is 0.672. The molecule has 0 aromatic heterocycles. The molecular weight excluding hydrogens is 153 g/mol. The summed E-state index contributed by atoms with van der Waals surface area (Å²) in [6.07, 6.45) is 0. The first-order valence-corrected chi connectivity index (χ1v) is 3.83. The molecule has 0 bridgehead atoms. The van der Waals surface area contributed by atoms with Crippen molar-refractivity contribution in [1.82, 2.24) is 0 Å². The number of hydrogen-bond donors (Lipinski definition) is 2. The van der Waals surface area contributed by atoms with Crippen molar-refractivity contribution in [2.24, 2.45) is 0 Å². The van der Waals surface area contributed by atoms with E-state index in [1.165, 1.54) is 0 Å². The lowest BCUT2D eigenvalue weighted by molar-refractivity contribution is 0.454. The predicted octanol–water partition coefficient (Wildman–Crippen LogP) is 1.02. The molecule has 0 saturated carbocycles. The van der Waals surface area contributed by atoms with E-state index in [9.17, 15) is 0 Å². The third kappa shape index (κ3) is 2.47. The first-order chi connectivity index (χ1) is 5.86. The van der Waals surface area contributed by atoms with Gasteiger partial charge < -0.3 is 15.0 Å². The summed E-state index contributed by atoms with van der Waals surface area (Å²) >= 11 is 0. The highest BCUT2D eigenvalue weighted by Crippen LogP contribution is 2.16. The summed E-state index contributed by atoms with van der Waals surface area (Å²) < 4.78 is 4.78. The molecule has 0 amide bonds. The quantitative estimate of drug-likeness (QED) is 0.652. The van der Waals surface area contributed by atoms with Crippen LogP contribution in [0.4, 0.5) is 5.69 Å². The zero-order chi connectivity index (χ0) is 8.81. The zero-order valence-electron chi connectivity index (χ0n) is 6.95. The molecule has 0 unspecified atom stereocenters. The maximum Gasteiger partial charge on any atom is 0.569 e. The van der Waals surface area contributed by atoms with E-state index in [1.807, 2.05) is 25.1 Å². The molecule has 12 heavy (non-hydrogen) atoms. The fraction of sp³-hybridized carbons (Fsp3) is 0.250. The first-order valence-electron chi connectivity index (χ1n) is 3.83. The number of anilines is 1. The normalized spacial score (nSPS) is 9.17. The van der Waals surface area contributed by atoms with Gasteiger partial charge in [0.1, 0.15) is 5.75 Å². The van der Waals surface area contributed by atoms with Crippen LogP contribution in [0.5, 0.6) is 5.75 Å². The number of benzene rings is 1. The minimum absolute atomic E-state index is 0.621. The van der Waals surface area contributed by atoms with Crippen LogP contribution in [0.1, 0.15) is 6.92 Å². The number of rotatable bonds is 4. The maximum absolute atomic E-state index is 8.37. The summed E-state index contributed by atoms with van der Waals surface area (Å²) in [4.78, 5) is 0. The van der Waals surface area contributed by atoms with Crippen LogP contribution in [-0.2, 0) is 0 Å². The zero-order valence-corrected chi connectivity index (χ0v) is 6.95. The molecule has 0 saturated heterocycles. The second-order valence-electron chi connectivity index (χ2n) is 2.28. The summed E-state index contributed by atoms with van der Waals surface area (Å²) in [5, 5.41) is 11.5. The van der Waals surface area contributed by atoms with E-state index in [0.29, 0.717) is 13.4 Å². The van der Waals surface area contributed by atoms with Gasteiger partial charge in [-0.15, -0.1) is 0 Å². The van der Waals surface area contributed by atoms with E-state index in [-0.39, 0.29) is 0 Å². The van der Waals surface area contributed by atoms with Crippen LogP contribution in [0.25, 0.3) is 0 Å². The van der Waals surface area contributed by atoms with Gasteiger partial charge in [0.2, 0.25) is 0 Å². The Hall–Kier alpha value is -1.16. The van der Waals surface area contributed by atoms with E-state index < -0.39 is 0 Å². The van der Waals surface area contributed by atoms with Gasteiger partial charge in [-0.2, -0.15) is 0 Å². The average molecular weight is 164 g/mol. The van der Waals surface area contributed by atoms with E-state index in [1.54, 1.807) is 6.07 Å². The molecule has 0 aliphatic rings. The van der Waals surface area contributed by atoms with Crippen LogP contribution in [-0.4, -0.2) is 19.3 Å². The Morgan fingerprint density at radius 2 is 2.42 bits per heavy atom. The number of nitrogens with one attached hydrogen (secondary N) is 1. The second kappa shape index (κ2) is 4.67. The molecule has 1 aromatic rings. The molecular formula is C8H11BNO2. The highest BCUT2D eigenvalue weighted by molar-refractivity contribution is 6.17. The maximum atomic E-state index is 8.37. The van der Waals surface area contributed by atoms with Crippen molar-refractivity contribution in [2.45, 2.75) is 6.92 Å². The highest BCUT2D eigenvalue weighted by atomic mass is 16.5. The van der Waals surface area contributed by atoms with Crippen LogP contribution >= 0.6 is 0 Å². The second-order valence-corrected chi connectivity index (χ2v) is 2.28. The summed E-state index contributed by atoms with van der Waals surface area (Å²) in [6, 6.07) is 7.38. The molecule has 0 heterocycles. The van der Waals surface area contributed by atoms with E-state index in [2.05, 4.69) is 5.32 Å². The molecule has 63 valence electrons. The Morgan fingerprint density at radius 1 is 1.58 bits per heavy atom. The monoisotopic (exact) mass is 164 g/mol. The van der Waals surface area contributed by atoms with E-state index in [0.717, 1.165) is 12.2 Å². The van der Waals surface area contributed by atoms with Crippen molar-refractivity contribution in [3.63, 3.8) is 0 Å². The Morgan fingerprint density at radius 3 is 3.08 bits per heavy atom. The lowest BCUT2D eigenvalue weighted by Crippen LogP contribution is -2.01. The molecule has 1 radical (unpaired) electrons. The van der Waals surface area contributed by atoms with Crippen molar-refractivity contribution in [2.75, 3.05) is 11.9 Å². The largest absolute Gasteiger partial charge is 0.569 e. The van der Waals surface area contributed by atoms with Crippen molar-refractivity contribution in [3.05, 3.63) is 24.3 Å². The van der Waals surface area contributed by atoms with Crippen molar-refractivity contribution in [1.29, 1.82) is 0 Å². The fourth-order valence-electron chi connectivity index (χ4n) is 0.944. The fourth-order valence-corrected chi connectivity index (χ4v) is 0.944. The third-order valence-corrected chi connectivity index (χ3v) is 1.40. The topological polar surface area (TPSA) is 41.5 Å². The molecule has 0 spiro atoms.